The minimum atomic E-state index is -3.44. The number of aryl methyl sites for hydroxylation is 1. The van der Waals surface area contributed by atoms with Crippen molar-refractivity contribution in [1.82, 2.24) is 4.72 Å². The third kappa shape index (κ3) is 4.16. The van der Waals surface area contributed by atoms with Crippen molar-refractivity contribution in [2.45, 2.75) is 18.2 Å². The average Bonchev–Trinajstić information content (AvgIpc) is 2.38. The van der Waals surface area contributed by atoms with E-state index in [1.54, 1.807) is 24.3 Å². The normalized spacial score (nSPS) is 11.5. The number of rotatable bonds is 5. The Morgan fingerprint density at radius 2 is 1.85 bits per heavy atom. The summed E-state index contributed by atoms with van der Waals surface area (Å²) in [5.74, 6) is 0. The number of hydrogen-bond donors (Lipinski definition) is 1. The quantitative estimate of drug-likeness (QED) is 0.896. The van der Waals surface area contributed by atoms with Crippen LogP contribution in [0.2, 0.25) is 0 Å². The summed E-state index contributed by atoms with van der Waals surface area (Å²) < 4.78 is 27.6. The highest BCUT2D eigenvalue weighted by Crippen LogP contribution is 2.15. The van der Waals surface area contributed by atoms with Crippen molar-refractivity contribution < 1.29 is 8.42 Å². The Labute approximate surface area is 128 Å². The van der Waals surface area contributed by atoms with Crippen LogP contribution in [-0.4, -0.2) is 15.0 Å². The van der Waals surface area contributed by atoms with Gasteiger partial charge >= 0.3 is 0 Å². The van der Waals surface area contributed by atoms with Gasteiger partial charge in [0.2, 0.25) is 10.0 Å². The Hall–Kier alpha value is -1.17. The third-order valence-corrected chi connectivity index (χ3v) is 4.85. The molecule has 0 unspecified atom stereocenters. The van der Waals surface area contributed by atoms with Gasteiger partial charge in [-0.25, -0.2) is 13.1 Å². The molecule has 106 valence electrons. The molecule has 0 aliphatic heterocycles. The number of nitrogens with one attached hydrogen (secondary N) is 1. The van der Waals surface area contributed by atoms with Crippen LogP contribution < -0.4 is 4.72 Å². The predicted molar refractivity (Wildman–Crippen MR) is 84.2 cm³/mol. The van der Waals surface area contributed by atoms with E-state index in [0.29, 0.717) is 13.0 Å². The van der Waals surface area contributed by atoms with Crippen LogP contribution in [0.25, 0.3) is 0 Å². The molecule has 5 heteroatoms. The molecule has 2 aromatic rings. The average molecular weight is 354 g/mol. The maximum Gasteiger partial charge on any atom is 0.240 e. The lowest BCUT2D eigenvalue weighted by atomic mass is 10.1. The standard InChI is InChI=1S/C15H16BrNO2S/c1-12-4-2-5-13(10-12)8-9-17-20(18,19)15-7-3-6-14(16)11-15/h2-7,10-11,17H,8-9H2,1H3. The van der Waals surface area contributed by atoms with Gasteiger partial charge in [0, 0.05) is 11.0 Å². The Bertz CT molecular complexity index is 699. The summed E-state index contributed by atoms with van der Waals surface area (Å²) >= 11 is 3.28. The lowest BCUT2D eigenvalue weighted by Gasteiger charge is -2.07. The van der Waals surface area contributed by atoms with Crippen LogP contribution in [0.4, 0.5) is 0 Å². The Morgan fingerprint density at radius 1 is 1.10 bits per heavy atom. The van der Waals surface area contributed by atoms with Gasteiger partial charge in [-0.15, -0.1) is 0 Å². The summed E-state index contributed by atoms with van der Waals surface area (Å²) in [5.41, 5.74) is 2.30. The van der Waals surface area contributed by atoms with E-state index in [2.05, 4.69) is 26.7 Å². The van der Waals surface area contributed by atoms with E-state index >= 15 is 0 Å². The second-order valence-electron chi connectivity index (χ2n) is 4.59. The number of sulfonamides is 1. The maximum absolute atomic E-state index is 12.1. The zero-order chi connectivity index (χ0) is 14.6. The molecule has 0 saturated carbocycles. The molecule has 1 N–H and O–H groups in total. The maximum atomic E-state index is 12.1. The molecule has 2 rings (SSSR count). The topological polar surface area (TPSA) is 46.2 Å². The highest BCUT2D eigenvalue weighted by molar-refractivity contribution is 9.10. The molecule has 0 aromatic heterocycles. The number of benzene rings is 2. The van der Waals surface area contributed by atoms with Crippen molar-refractivity contribution in [3.05, 3.63) is 64.1 Å². The molecule has 2 aromatic carbocycles. The first-order valence-corrected chi connectivity index (χ1v) is 8.56. The second kappa shape index (κ2) is 6.52. The molecule has 0 bridgehead atoms. The molecule has 0 aliphatic carbocycles. The van der Waals surface area contributed by atoms with Gasteiger partial charge in [0.1, 0.15) is 0 Å². The van der Waals surface area contributed by atoms with E-state index in [1.807, 2.05) is 25.1 Å². The van der Waals surface area contributed by atoms with Crippen LogP contribution in [0, 0.1) is 6.92 Å². The highest BCUT2D eigenvalue weighted by atomic mass is 79.9. The van der Waals surface area contributed by atoms with E-state index in [9.17, 15) is 8.42 Å². The first kappa shape index (κ1) is 15.2. The van der Waals surface area contributed by atoms with Gasteiger partial charge in [0.15, 0.2) is 0 Å². The molecule has 0 spiro atoms. The fourth-order valence-electron chi connectivity index (χ4n) is 1.91. The van der Waals surface area contributed by atoms with Crippen molar-refractivity contribution in [3.63, 3.8) is 0 Å². The second-order valence-corrected chi connectivity index (χ2v) is 7.28. The summed E-state index contributed by atoms with van der Waals surface area (Å²) in [4.78, 5) is 0.274. The Balaban J connectivity index is 2.00. The van der Waals surface area contributed by atoms with Crippen molar-refractivity contribution in [3.8, 4) is 0 Å². The van der Waals surface area contributed by atoms with Crippen LogP contribution in [-0.2, 0) is 16.4 Å². The summed E-state index contributed by atoms with van der Waals surface area (Å²) in [7, 11) is -3.44. The summed E-state index contributed by atoms with van der Waals surface area (Å²) in [6, 6.07) is 14.7. The molecule has 0 atom stereocenters. The molecule has 0 aliphatic rings. The van der Waals surface area contributed by atoms with Gasteiger partial charge in [-0.1, -0.05) is 51.8 Å². The molecule has 0 amide bonds. The first-order chi connectivity index (χ1) is 9.47. The van der Waals surface area contributed by atoms with E-state index in [4.69, 9.17) is 0 Å². The smallest absolute Gasteiger partial charge is 0.211 e. The van der Waals surface area contributed by atoms with E-state index < -0.39 is 10.0 Å². The van der Waals surface area contributed by atoms with Gasteiger partial charge in [0.25, 0.3) is 0 Å². The zero-order valence-corrected chi connectivity index (χ0v) is 13.5. The highest BCUT2D eigenvalue weighted by Gasteiger charge is 2.13. The first-order valence-electron chi connectivity index (χ1n) is 6.28. The minimum Gasteiger partial charge on any atom is -0.211 e. The van der Waals surface area contributed by atoms with Crippen LogP contribution >= 0.6 is 15.9 Å². The monoisotopic (exact) mass is 353 g/mol. The summed E-state index contributed by atoms with van der Waals surface area (Å²) in [6.45, 7) is 2.41. The van der Waals surface area contributed by atoms with Crippen molar-refractivity contribution >= 4 is 26.0 Å². The zero-order valence-electron chi connectivity index (χ0n) is 11.1. The van der Waals surface area contributed by atoms with Gasteiger partial charge in [-0.3, -0.25) is 0 Å². The van der Waals surface area contributed by atoms with E-state index in [0.717, 1.165) is 10.0 Å². The van der Waals surface area contributed by atoms with Gasteiger partial charge in [0.05, 0.1) is 4.90 Å². The summed E-state index contributed by atoms with van der Waals surface area (Å²) in [6.07, 6.45) is 0.676. The molecule has 20 heavy (non-hydrogen) atoms. The van der Waals surface area contributed by atoms with E-state index in [-0.39, 0.29) is 4.90 Å². The number of halogens is 1. The lowest BCUT2D eigenvalue weighted by molar-refractivity contribution is 0.581. The van der Waals surface area contributed by atoms with Crippen LogP contribution in [0.3, 0.4) is 0 Å². The van der Waals surface area contributed by atoms with Gasteiger partial charge in [-0.05, 0) is 37.1 Å². The van der Waals surface area contributed by atoms with E-state index in [1.165, 1.54) is 5.56 Å². The molecule has 3 nitrogen and oxygen atoms in total. The van der Waals surface area contributed by atoms with Crippen molar-refractivity contribution in [1.29, 1.82) is 0 Å². The molecule has 0 saturated heterocycles. The molecule has 0 radical (unpaired) electrons. The molecule has 0 fully saturated rings. The van der Waals surface area contributed by atoms with Crippen molar-refractivity contribution in [2.24, 2.45) is 0 Å². The fourth-order valence-corrected chi connectivity index (χ4v) is 3.54. The molecular formula is C15H16BrNO2S. The Kier molecular flexibility index (Phi) is 4.96. The SMILES string of the molecule is Cc1cccc(CCNS(=O)(=O)c2cccc(Br)c2)c1. The van der Waals surface area contributed by atoms with Gasteiger partial charge < -0.3 is 0 Å². The summed E-state index contributed by atoms with van der Waals surface area (Å²) in [5, 5.41) is 0. The molecule has 0 heterocycles. The van der Waals surface area contributed by atoms with Crippen molar-refractivity contribution in [2.75, 3.05) is 6.54 Å². The predicted octanol–water partition coefficient (Wildman–Crippen LogP) is 3.28. The Morgan fingerprint density at radius 3 is 2.55 bits per heavy atom. The van der Waals surface area contributed by atoms with Crippen LogP contribution in [0.1, 0.15) is 11.1 Å². The minimum absolute atomic E-state index is 0.274. The molecular weight excluding hydrogens is 338 g/mol. The van der Waals surface area contributed by atoms with Crippen LogP contribution in [0.15, 0.2) is 57.9 Å². The lowest BCUT2D eigenvalue weighted by Crippen LogP contribution is -2.26. The fraction of sp³-hybridized carbons (Fsp3) is 0.200. The number of hydrogen-bond acceptors (Lipinski definition) is 2. The van der Waals surface area contributed by atoms with Crippen LogP contribution in [0.5, 0.6) is 0 Å². The van der Waals surface area contributed by atoms with Gasteiger partial charge in [-0.2, -0.15) is 0 Å². The third-order valence-electron chi connectivity index (χ3n) is 2.89. The largest absolute Gasteiger partial charge is 0.240 e.